The molecule has 0 bridgehead atoms. The van der Waals surface area contributed by atoms with Crippen LogP contribution in [0.1, 0.15) is 17.5 Å². The number of hydrogen-bond donors (Lipinski definition) is 1. The second-order valence-corrected chi connectivity index (χ2v) is 6.00. The number of rotatable bonds is 6. The van der Waals surface area contributed by atoms with Gasteiger partial charge < -0.3 is 9.84 Å². The Morgan fingerprint density at radius 1 is 1.14 bits per heavy atom. The summed E-state index contributed by atoms with van der Waals surface area (Å²) < 4.78 is 7.00. The molecular formula is C18H16O3S. The van der Waals surface area contributed by atoms with E-state index >= 15 is 0 Å². The number of aryl methyl sites for hydroxylation is 1. The molecule has 0 fully saturated rings. The SMILES string of the molecule is O=C(O)CCc1csc2ccc(OCc3ccccc3)cc12. The molecule has 1 N–H and O–H groups in total. The Bertz CT molecular complexity index is 777. The highest BCUT2D eigenvalue weighted by Crippen LogP contribution is 2.30. The summed E-state index contributed by atoms with van der Waals surface area (Å²) in [6.07, 6.45) is 0.707. The van der Waals surface area contributed by atoms with E-state index in [1.54, 1.807) is 11.3 Å². The van der Waals surface area contributed by atoms with Crippen molar-refractivity contribution in [3.05, 3.63) is 65.0 Å². The Hall–Kier alpha value is -2.33. The molecule has 0 aliphatic heterocycles. The molecule has 0 unspecified atom stereocenters. The van der Waals surface area contributed by atoms with Gasteiger partial charge in [-0.3, -0.25) is 4.79 Å². The molecule has 1 aromatic heterocycles. The number of carboxylic acids is 1. The summed E-state index contributed by atoms with van der Waals surface area (Å²) in [5, 5.41) is 12.0. The predicted molar refractivity (Wildman–Crippen MR) is 88.6 cm³/mol. The standard InChI is InChI=1S/C18H16O3S/c19-18(20)9-6-14-12-22-17-8-7-15(10-16(14)17)21-11-13-4-2-1-3-5-13/h1-5,7-8,10,12H,6,9,11H2,(H,19,20). The minimum absolute atomic E-state index is 0.154. The average Bonchev–Trinajstić information content (AvgIpc) is 2.94. The van der Waals surface area contributed by atoms with E-state index in [9.17, 15) is 4.79 Å². The van der Waals surface area contributed by atoms with Crippen LogP contribution >= 0.6 is 11.3 Å². The van der Waals surface area contributed by atoms with Crippen LogP contribution in [0.15, 0.2) is 53.9 Å². The molecule has 3 rings (SSSR count). The van der Waals surface area contributed by atoms with Crippen molar-refractivity contribution in [1.29, 1.82) is 0 Å². The fraction of sp³-hybridized carbons (Fsp3) is 0.167. The van der Waals surface area contributed by atoms with E-state index in [-0.39, 0.29) is 6.42 Å². The number of ether oxygens (including phenoxy) is 1. The van der Waals surface area contributed by atoms with Crippen LogP contribution in [0, 0.1) is 0 Å². The number of aliphatic carboxylic acids is 1. The van der Waals surface area contributed by atoms with Crippen LogP contribution in [0.5, 0.6) is 5.75 Å². The molecule has 1 heterocycles. The number of carbonyl (C=O) groups is 1. The van der Waals surface area contributed by atoms with Gasteiger partial charge in [-0.25, -0.2) is 0 Å². The van der Waals surface area contributed by atoms with Gasteiger partial charge in [0.25, 0.3) is 0 Å². The average molecular weight is 312 g/mol. The molecule has 0 aliphatic rings. The summed E-state index contributed by atoms with van der Waals surface area (Å²) in [6.45, 7) is 0.529. The molecule has 0 radical (unpaired) electrons. The van der Waals surface area contributed by atoms with Crippen molar-refractivity contribution >= 4 is 27.4 Å². The lowest BCUT2D eigenvalue weighted by atomic mass is 10.1. The Morgan fingerprint density at radius 3 is 2.73 bits per heavy atom. The van der Waals surface area contributed by atoms with E-state index in [1.165, 1.54) is 0 Å². The molecule has 0 spiro atoms. The maximum Gasteiger partial charge on any atom is 0.303 e. The summed E-state index contributed by atoms with van der Waals surface area (Å²) in [5.41, 5.74) is 2.20. The molecule has 0 amide bonds. The fourth-order valence-corrected chi connectivity index (χ4v) is 3.30. The van der Waals surface area contributed by atoms with Crippen molar-refractivity contribution in [2.75, 3.05) is 0 Å². The third-order valence-electron chi connectivity index (χ3n) is 3.48. The van der Waals surface area contributed by atoms with E-state index < -0.39 is 5.97 Å². The normalized spacial score (nSPS) is 10.7. The summed E-state index contributed by atoms with van der Waals surface area (Å²) >= 11 is 1.64. The molecule has 0 atom stereocenters. The molecule has 0 saturated heterocycles. The Morgan fingerprint density at radius 2 is 1.95 bits per heavy atom. The highest BCUT2D eigenvalue weighted by molar-refractivity contribution is 7.17. The van der Waals surface area contributed by atoms with Crippen LogP contribution in [0.2, 0.25) is 0 Å². The summed E-state index contributed by atoms with van der Waals surface area (Å²) in [7, 11) is 0. The van der Waals surface area contributed by atoms with Gasteiger partial charge in [-0.05, 0) is 46.5 Å². The molecule has 112 valence electrons. The Kier molecular flexibility index (Phi) is 4.39. The third-order valence-corrected chi connectivity index (χ3v) is 4.49. The molecule has 3 aromatic rings. The number of benzene rings is 2. The predicted octanol–water partition coefficient (Wildman–Crippen LogP) is 4.50. The molecule has 2 aromatic carbocycles. The minimum Gasteiger partial charge on any atom is -0.489 e. The zero-order valence-electron chi connectivity index (χ0n) is 12.0. The molecule has 3 nitrogen and oxygen atoms in total. The largest absolute Gasteiger partial charge is 0.489 e. The van der Waals surface area contributed by atoms with Crippen LogP contribution < -0.4 is 4.74 Å². The van der Waals surface area contributed by atoms with E-state index in [2.05, 4.69) is 0 Å². The van der Waals surface area contributed by atoms with Gasteiger partial charge in [-0.1, -0.05) is 30.3 Å². The zero-order chi connectivity index (χ0) is 15.4. The third kappa shape index (κ3) is 3.46. The molecular weight excluding hydrogens is 296 g/mol. The quantitative estimate of drug-likeness (QED) is 0.729. The molecule has 0 aliphatic carbocycles. The van der Waals surface area contributed by atoms with Crippen molar-refractivity contribution in [3.63, 3.8) is 0 Å². The highest BCUT2D eigenvalue weighted by Gasteiger charge is 2.08. The van der Waals surface area contributed by atoms with Crippen molar-refractivity contribution in [1.82, 2.24) is 0 Å². The van der Waals surface area contributed by atoms with Gasteiger partial charge in [0.2, 0.25) is 0 Å². The molecule has 22 heavy (non-hydrogen) atoms. The first-order chi connectivity index (χ1) is 10.7. The van der Waals surface area contributed by atoms with Crippen LogP contribution in [0.3, 0.4) is 0 Å². The highest BCUT2D eigenvalue weighted by atomic mass is 32.1. The van der Waals surface area contributed by atoms with Crippen LogP contribution in [0.25, 0.3) is 10.1 Å². The van der Waals surface area contributed by atoms with E-state index in [1.807, 2.05) is 53.9 Å². The van der Waals surface area contributed by atoms with Gasteiger partial charge in [0.1, 0.15) is 12.4 Å². The minimum atomic E-state index is -0.768. The van der Waals surface area contributed by atoms with Crippen LogP contribution in [0.4, 0.5) is 0 Å². The van der Waals surface area contributed by atoms with Crippen LogP contribution in [-0.2, 0) is 17.8 Å². The van der Waals surface area contributed by atoms with Gasteiger partial charge in [0.05, 0.1) is 0 Å². The zero-order valence-corrected chi connectivity index (χ0v) is 12.8. The lowest BCUT2D eigenvalue weighted by Crippen LogP contribution is -1.97. The van der Waals surface area contributed by atoms with Gasteiger partial charge in [0, 0.05) is 11.1 Å². The lowest BCUT2D eigenvalue weighted by molar-refractivity contribution is -0.136. The molecule has 0 saturated carbocycles. The fourth-order valence-electron chi connectivity index (χ4n) is 2.33. The Labute approximate surface area is 132 Å². The number of fused-ring (bicyclic) bond motifs is 1. The number of carboxylic acid groups (broad SMARTS) is 1. The summed E-state index contributed by atoms with van der Waals surface area (Å²) in [4.78, 5) is 10.7. The van der Waals surface area contributed by atoms with Gasteiger partial charge in [-0.15, -0.1) is 11.3 Å². The smallest absolute Gasteiger partial charge is 0.303 e. The first-order valence-electron chi connectivity index (χ1n) is 7.11. The van der Waals surface area contributed by atoms with Crippen molar-refractivity contribution in [2.24, 2.45) is 0 Å². The maximum atomic E-state index is 10.7. The van der Waals surface area contributed by atoms with Crippen molar-refractivity contribution < 1.29 is 14.6 Å². The van der Waals surface area contributed by atoms with Gasteiger partial charge in [0.15, 0.2) is 0 Å². The number of thiophene rings is 1. The van der Waals surface area contributed by atoms with E-state index in [0.29, 0.717) is 13.0 Å². The second kappa shape index (κ2) is 6.62. The van der Waals surface area contributed by atoms with Crippen LogP contribution in [-0.4, -0.2) is 11.1 Å². The molecule has 4 heteroatoms. The van der Waals surface area contributed by atoms with Crippen molar-refractivity contribution in [2.45, 2.75) is 19.4 Å². The monoisotopic (exact) mass is 312 g/mol. The van der Waals surface area contributed by atoms with Gasteiger partial charge >= 0.3 is 5.97 Å². The van der Waals surface area contributed by atoms with Crippen molar-refractivity contribution in [3.8, 4) is 5.75 Å². The second-order valence-electron chi connectivity index (χ2n) is 5.09. The number of hydrogen-bond acceptors (Lipinski definition) is 3. The Balaban J connectivity index is 1.76. The van der Waals surface area contributed by atoms with E-state index in [4.69, 9.17) is 9.84 Å². The first kappa shape index (κ1) is 14.6. The summed E-state index contributed by atoms with van der Waals surface area (Å²) in [5.74, 6) is 0.0437. The van der Waals surface area contributed by atoms with Gasteiger partial charge in [-0.2, -0.15) is 0 Å². The van der Waals surface area contributed by atoms with E-state index in [0.717, 1.165) is 27.0 Å². The summed E-state index contributed by atoms with van der Waals surface area (Å²) in [6, 6.07) is 16.0. The lowest BCUT2D eigenvalue weighted by Gasteiger charge is -2.07. The maximum absolute atomic E-state index is 10.7. The first-order valence-corrected chi connectivity index (χ1v) is 7.99. The topological polar surface area (TPSA) is 46.5 Å².